The molecule has 0 amide bonds. The van der Waals surface area contributed by atoms with Crippen molar-refractivity contribution in [2.45, 2.75) is 6.42 Å². The maximum Gasteiger partial charge on any atom is 0.205 e. The molecule has 0 bridgehead atoms. The standard InChI is InChI=1S/C10H10N2O2/c1-12-5-4-11-10(12)7-8(13)9-3-2-6-14-9/h2-6H,7H2,1H3. The quantitative estimate of drug-likeness (QED) is 0.688. The molecule has 0 N–H and O–H groups in total. The van der Waals surface area contributed by atoms with Crippen LogP contribution in [0.2, 0.25) is 0 Å². The average molecular weight is 190 g/mol. The van der Waals surface area contributed by atoms with Gasteiger partial charge in [-0.2, -0.15) is 0 Å². The van der Waals surface area contributed by atoms with Crippen LogP contribution in [-0.4, -0.2) is 15.3 Å². The number of hydrogen-bond acceptors (Lipinski definition) is 3. The number of carbonyl (C=O) groups is 1. The fraction of sp³-hybridized carbons (Fsp3) is 0.200. The summed E-state index contributed by atoms with van der Waals surface area (Å²) in [5.41, 5.74) is 0. The zero-order valence-corrected chi connectivity index (χ0v) is 7.80. The Morgan fingerprint density at radius 3 is 3.07 bits per heavy atom. The highest BCUT2D eigenvalue weighted by Gasteiger charge is 2.11. The maximum atomic E-state index is 11.6. The number of imidazole rings is 1. The van der Waals surface area contributed by atoms with Gasteiger partial charge in [0.05, 0.1) is 12.7 Å². The third-order valence-corrected chi connectivity index (χ3v) is 2.04. The molecule has 4 heteroatoms. The number of ketones is 1. The van der Waals surface area contributed by atoms with Crippen molar-refractivity contribution >= 4 is 5.78 Å². The van der Waals surface area contributed by atoms with Crippen molar-refractivity contribution in [1.29, 1.82) is 0 Å². The number of carbonyl (C=O) groups excluding carboxylic acids is 1. The minimum atomic E-state index is -0.0516. The van der Waals surface area contributed by atoms with Crippen LogP contribution in [0.4, 0.5) is 0 Å². The Hall–Kier alpha value is -1.84. The van der Waals surface area contributed by atoms with Crippen LogP contribution in [0.5, 0.6) is 0 Å². The number of nitrogens with zero attached hydrogens (tertiary/aromatic N) is 2. The summed E-state index contributed by atoms with van der Waals surface area (Å²) in [5.74, 6) is 1.07. The molecule has 2 heterocycles. The van der Waals surface area contributed by atoms with E-state index < -0.39 is 0 Å². The molecule has 72 valence electrons. The summed E-state index contributed by atoms with van der Waals surface area (Å²) in [5, 5.41) is 0. The van der Waals surface area contributed by atoms with Gasteiger partial charge in [0, 0.05) is 19.4 Å². The summed E-state index contributed by atoms with van der Waals surface area (Å²) >= 11 is 0. The normalized spacial score (nSPS) is 10.4. The first kappa shape index (κ1) is 8.74. The van der Waals surface area contributed by atoms with Gasteiger partial charge >= 0.3 is 0 Å². The highest BCUT2D eigenvalue weighted by atomic mass is 16.3. The molecule has 0 saturated heterocycles. The highest BCUT2D eigenvalue weighted by Crippen LogP contribution is 2.05. The van der Waals surface area contributed by atoms with Gasteiger partial charge in [-0.3, -0.25) is 4.79 Å². The Morgan fingerprint density at radius 2 is 2.50 bits per heavy atom. The topological polar surface area (TPSA) is 48.0 Å². The first-order valence-electron chi connectivity index (χ1n) is 4.30. The van der Waals surface area contributed by atoms with E-state index in [1.54, 1.807) is 18.3 Å². The summed E-state index contributed by atoms with van der Waals surface area (Å²) in [6.07, 6.45) is 5.25. The van der Waals surface area contributed by atoms with Gasteiger partial charge in [-0.15, -0.1) is 0 Å². The van der Waals surface area contributed by atoms with Crippen molar-refractivity contribution in [2.75, 3.05) is 0 Å². The molecule has 0 radical (unpaired) electrons. The van der Waals surface area contributed by atoms with Crippen LogP contribution in [0, 0.1) is 0 Å². The molecule has 2 rings (SSSR count). The largest absolute Gasteiger partial charge is 0.461 e. The van der Waals surface area contributed by atoms with Crippen LogP contribution in [0.3, 0.4) is 0 Å². The van der Waals surface area contributed by atoms with Crippen molar-refractivity contribution in [2.24, 2.45) is 7.05 Å². The van der Waals surface area contributed by atoms with E-state index in [1.165, 1.54) is 6.26 Å². The summed E-state index contributed by atoms with van der Waals surface area (Å²) in [4.78, 5) is 15.6. The number of aromatic nitrogens is 2. The van der Waals surface area contributed by atoms with E-state index >= 15 is 0 Å². The van der Waals surface area contributed by atoms with E-state index in [9.17, 15) is 4.79 Å². The van der Waals surface area contributed by atoms with Crippen LogP contribution >= 0.6 is 0 Å². The van der Waals surface area contributed by atoms with Gasteiger partial charge in [0.1, 0.15) is 5.82 Å². The Bertz CT molecular complexity index is 429. The summed E-state index contributed by atoms with van der Waals surface area (Å²) in [6, 6.07) is 3.36. The monoisotopic (exact) mass is 190 g/mol. The van der Waals surface area contributed by atoms with E-state index in [4.69, 9.17) is 4.42 Å². The fourth-order valence-corrected chi connectivity index (χ4v) is 1.23. The average Bonchev–Trinajstić information content (AvgIpc) is 2.77. The number of aryl methyl sites for hydroxylation is 1. The van der Waals surface area contributed by atoms with Crippen LogP contribution in [0.25, 0.3) is 0 Å². The van der Waals surface area contributed by atoms with E-state index in [2.05, 4.69) is 4.98 Å². The van der Waals surface area contributed by atoms with Gasteiger partial charge in [-0.05, 0) is 12.1 Å². The zero-order chi connectivity index (χ0) is 9.97. The molecule has 2 aromatic heterocycles. The minimum Gasteiger partial charge on any atom is -0.461 e. The fourth-order valence-electron chi connectivity index (χ4n) is 1.23. The van der Waals surface area contributed by atoms with Crippen molar-refractivity contribution in [3.05, 3.63) is 42.4 Å². The number of furan rings is 1. The summed E-state index contributed by atoms with van der Waals surface area (Å²) < 4.78 is 6.82. The number of hydrogen-bond donors (Lipinski definition) is 0. The third-order valence-electron chi connectivity index (χ3n) is 2.04. The van der Waals surface area contributed by atoms with Crippen molar-refractivity contribution < 1.29 is 9.21 Å². The maximum absolute atomic E-state index is 11.6. The molecule has 14 heavy (non-hydrogen) atoms. The van der Waals surface area contributed by atoms with Gasteiger partial charge < -0.3 is 8.98 Å². The first-order valence-corrected chi connectivity index (χ1v) is 4.30. The lowest BCUT2D eigenvalue weighted by Gasteiger charge is -1.98. The van der Waals surface area contributed by atoms with Crippen molar-refractivity contribution in [1.82, 2.24) is 9.55 Å². The second-order valence-corrected chi connectivity index (χ2v) is 3.03. The van der Waals surface area contributed by atoms with Crippen LogP contribution in [0.15, 0.2) is 35.2 Å². The van der Waals surface area contributed by atoms with Gasteiger partial charge in [-0.1, -0.05) is 0 Å². The van der Waals surface area contributed by atoms with E-state index in [0.717, 1.165) is 5.82 Å². The molecular formula is C10H10N2O2. The van der Waals surface area contributed by atoms with Gasteiger partial charge in [-0.25, -0.2) is 4.98 Å². The highest BCUT2D eigenvalue weighted by molar-refractivity contribution is 5.94. The van der Waals surface area contributed by atoms with Crippen LogP contribution < -0.4 is 0 Å². The Balaban J connectivity index is 2.13. The lowest BCUT2D eigenvalue weighted by atomic mass is 10.2. The lowest BCUT2D eigenvalue weighted by molar-refractivity contribution is 0.0963. The van der Waals surface area contributed by atoms with Gasteiger partial charge in [0.25, 0.3) is 0 Å². The number of rotatable bonds is 3. The second kappa shape index (κ2) is 3.49. The van der Waals surface area contributed by atoms with Gasteiger partial charge in [0.2, 0.25) is 5.78 Å². The first-order chi connectivity index (χ1) is 6.77. The summed E-state index contributed by atoms with van der Waals surface area (Å²) in [6.45, 7) is 0. The van der Waals surface area contributed by atoms with E-state index in [1.807, 2.05) is 17.8 Å². The molecule has 0 aliphatic rings. The molecule has 0 unspecified atom stereocenters. The smallest absolute Gasteiger partial charge is 0.205 e. The Kier molecular flexibility index (Phi) is 2.18. The van der Waals surface area contributed by atoms with Gasteiger partial charge in [0.15, 0.2) is 5.76 Å². The molecule has 2 aromatic rings. The molecule has 0 aliphatic heterocycles. The predicted molar refractivity (Wildman–Crippen MR) is 50.0 cm³/mol. The van der Waals surface area contributed by atoms with E-state index in [0.29, 0.717) is 5.76 Å². The third kappa shape index (κ3) is 1.59. The molecule has 0 fully saturated rings. The predicted octanol–water partition coefficient (Wildman–Crippen LogP) is 1.44. The van der Waals surface area contributed by atoms with Crippen molar-refractivity contribution in [3.63, 3.8) is 0 Å². The van der Waals surface area contributed by atoms with Crippen LogP contribution in [0.1, 0.15) is 16.4 Å². The zero-order valence-electron chi connectivity index (χ0n) is 7.80. The molecular weight excluding hydrogens is 180 g/mol. The SMILES string of the molecule is Cn1ccnc1CC(=O)c1ccco1. The molecule has 4 nitrogen and oxygen atoms in total. The Morgan fingerprint density at radius 1 is 1.64 bits per heavy atom. The summed E-state index contributed by atoms with van der Waals surface area (Å²) in [7, 11) is 1.86. The Labute approximate surface area is 81.2 Å². The molecule has 0 atom stereocenters. The van der Waals surface area contributed by atoms with Crippen LogP contribution in [-0.2, 0) is 13.5 Å². The lowest BCUT2D eigenvalue weighted by Crippen LogP contribution is -2.07. The number of Topliss-reactive ketones (excluding diaryl/α,β-unsaturated/α-hetero) is 1. The van der Waals surface area contributed by atoms with E-state index in [-0.39, 0.29) is 12.2 Å². The second-order valence-electron chi connectivity index (χ2n) is 3.03. The molecule has 0 saturated carbocycles. The molecule has 0 aliphatic carbocycles. The minimum absolute atomic E-state index is 0.0516. The molecule has 0 aromatic carbocycles. The molecule has 0 spiro atoms. The van der Waals surface area contributed by atoms with Crippen molar-refractivity contribution in [3.8, 4) is 0 Å².